The van der Waals surface area contributed by atoms with E-state index in [4.69, 9.17) is 28.5 Å². The highest BCUT2D eigenvalue weighted by Gasteiger charge is 2.30. The Bertz CT molecular complexity index is 937. The van der Waals surface area contributed by atoms with Crippen LogP contribution in [0.1, 0.15) is 68.8 Å². The van der Waals surface area contributed by atoms with Crippen LogP contribution >= 0.6 is 0 Å². The summed E-state index contributed by atoms with van der Waals surface area (Å²) in [6, 6.07) is 3.80. The Kier molecular flexibility index (Phi) is 7.98. The molecule has 180 valence electrons. The van der Waals surface area contributed by atoms with Crippen molar-refractivity contribution in [2.45, 2.75) is 84.7 Å². The molecule has 8 heteroatoms. The molecule has 4 rings (SSSR count). The largest absolute Gasteiger partial charge is 0.489 e. The molecular formula is C25H34N2O6. The maximum atomic E-state index is 12.1. The van der Waals surface area contributed by atoms with Crippen LogP contribution in [0, 0.1) is 19.8 Å². The molecule has 0 bridgehead atoms. The van der Waals surface area contributed by atoms with Gasteiger partial charge in [0.25, 0.3) is 0 Å². The van der Waals surface area contributed by atoms with Crippen LogP contribution in [-0.4, -0.2) is 41.7 Å². The van der Waals surface area contributed by atoms with Gasteiger partial charge in [0, 0.05) is 6.61 Å². The predicted octanol–water partition coefficient (Wildman–Crippen LogP) is 4.90. The molecule has 0 amide bonds. The van der Waals surface area contributed by atoms with E-state index in [0.29, 0.717) is 31.1 Å². The van der Waals surface area contributed by atoms with Crippen molar-refractivity contribution < 1.29 is 28.3 Å². The van der Waals surface area contributed by atoms with Crippen molar-refractivity contribution >= 4 is 5.97 Å². The zero-order valence-corrected chi connectivity index (χ0v) is 19.8. The quantitative estimate of drug-likeness (QED) is 0.516. The smallest absolute Gasteiger partial charge is 0.309 e. The van der Waals surface area contributed by atoms with E-state index in [1.54, 1.807) is 0 Å². The molecule has 1 aliphatic heterocycles. The van der Waals surface area contributed by atoms with E-state index in [1.807, 2.05) is 32.9 Å². The number of carbonyl (C=O) groups excluding carboxylic acids is 1. The van der Waals surface area contributed by atoms with Crippen LogP contribution in [0.2, 0.25) is 0 Å². The van der Waals surface area contributed by atoms with Crippen molar-refractivity contribution in [1.29, 1.82) is 0 Å². The summed E-state index contributed by atoms with van der Waals surface area (Å²) in [5.41, 5.74) is 3.13. The number of aromatic nitrogens is 2. The molecule has 1 aliphatic carbocycles. The zero-order valence-electron chi connectivity index (χ0n) is 19.8. The molecule has 2 aromatic heterocycles. The zero-order chi connectivity index (χ0) is 23.2. The lowest BCUT2D eigenvalue weighted by molar-refractivity contribution is -0.168. The first-order valence-corrected chi connectivity index (χ1v) is 12.0. The van der Waals surface area contributed by atoms with E-state index >= 15 is 0 Å². The minimum absolute atomic E-state index is 0.0218. The molecule has 2 aliphatic rings. The standard InChI is InChI=1S/C25H34N2O6/c1-4-29-25(28)18-8-7-9-19(14-18)32-22-12-11-21(26-17(22)3)24-20(16(2)27-33-24)15-31-23-10-5-6-13-30-23/h11-12,18-19,23H,4-10,13-15H2,1-3H3/t18-,19-,23?/m0/s1. The molecular weight excluding hydrogens is 424 g/mol. The second-order valence-corrected chi connectivity index (χ2v) is 8.82. The minimum Gasteiger partial charge on any atom is -0.489 e. The van der Waals surface area contributed by atoms with Gasteiger partial charge in [0.15, 0.2) is 12.1 Å². The molecule has 3 atom stereocenters. The summed E-state index contributed by atoms with van der Waals surface area (Å²) in [4.78, 5) is 16.9. The van der Waals surface area contributed by atoms with Crippen LogP contribution in [0.5, 0.6) is 5.75 Å². The Balaban J connectivity index is 1.42. The van der Waals surface area contributed by atoms with E-state index < -0.39 is 0 Å². The van der Waals surface area contributed by atoms with Gasteiger partial charge < -0.3 is 23.5 Å². The third-order valence-corrected chi connectivity index (χ3v) is 6.35. The van der Waals surface area contributed by atoms with Crippen LogP contribution in [0.4, 0.5) is 0 Å². The van der Waals surface area contributed by atoms with Gasteiger partial charge in [-0.05, 0) is 77.8 Å². The van der Waals surface area contributed by atoms with Crippen LogP contribution in [0.25, 0.3) is 11.5 Å². The molecule has 1 saturated carbocycles. The average Bonchev–Trinajstić information content (AvgIpc) is 3.20. The molecule has 1 unspecified atom stereocenters. The molecule has 2 aromatic rings. The first kappa shape index (κ1) is 23.7. The van der Waals surface area contributed by atoms with E-state index in [2.05, 4.69) is 5.16 Å². The first-order chi connectivity index (χ1) is 16.0. The number of hydrogen-bond acceptors (Lipinski definition) is 8. The first-order valence-electron chi connectivity index (χ1n) is 12.0. The van der Waals surface area contributed by atoms with Gasteiger partial charge in [0.2, 0.25) is 0 Å². The van der Waals surface area contributed by atoms with Gasteiger partial charge in [-0.2, -0.15) is 0 Å². The van der Waals surface area contributed by atoms with Crippen molar-refractivity contribution in [3.05, 3.63) is 29.1 Å². The third-order valence-electron chi connectivity index (χ3n) is 6.35. The van der Waals surface area contributed by atoms with Gasteiger partial charge in [0.1, 0.15) is 11.4 Å². The molecule has 0 radical (unpaired) electrons. The number of aryl methyl sites for hydroxylation is 2. The number of pyridine rings is 1. The number of nitrogens with zero attached hydrogens (tertiary/aromatic N) is 2. The van der Waals surface area contributed by atoms with Gasteiger partial charge in [-0.3, -0.25) is 4.79 Å². The Morgan fingerprint density at radius 3 is 2.76 bits per heavy atom. The molecule has 0 spiro atoms. The maximum absolute atomic E-state index is 12.1. The Hall–Kier alpha value is -2.45. The van der Waals surface area contributed by atoms with E-state index in [0.717, 1.165) is 67.8 Å². The number of esters is 1. The molecule has 3 heterocycles. The second kappa shape index (κ2) is 11.1. The lowest BCUT2D eigenvalue weighted by Crippen LogP contribution is -2.31. The Morgan fingerprint density at radius 2 is 2.00 bits per heavy atom. The predicted molar refractivity (Wildman–Crippen MR) is 121 cm³/mol. The van der Waals surface area contributed by atoms with Gasteiger partial charge in [0.05, 0.1) is 42.2 Å². The summed E-state index contributed by atoms with van der Waals surface area (Å²) >= 11 is 0. The van der Waals surface area contributed by atoms with Crippen LogP contribution in [-0.2, 0) is 25.6 Å². The van der Waals surface area contributed by atoms with Crippen molar-refractivity contribution in [2.75, 3.05) is 13.2 Å². The highest BCUT2D eigenvalue weighted by atomic mass is 16.7. The topological polar surface area (TPSA) is 92.9 Å². The second-order valence-electron chi connectivity index (χ2n) is 8.82. The number of ether oxygens (including phenoxy) is 4. The average molecular weight is 459 g/mol. The SMILES string of the molecule is CCOC(=O)[C@H]1CCC[C@H](Oc2ccc(-c3onc(C)c3COC3CCCCO3)nc2C)C1. The lowest BCUT2D eigenvalue weighted by Gasteiger charge is -2.28. The van der Waals surface area contributed by atoms with E-state index in [9.17, 15) is 4.79 Å². The van der Waals surface area contributed by atoms with Crippen molar-refractivity contribution in [2.24, 2.45) is 5.92 Å². The van der Waals surface area contributed by atoms with Crippen molar-refractivity contribution in [3.63, 3.8) is 0 Å². The third kappa shape index (κ3) is 5.92. The normalized spacial score (nSPS) is 23.3. The van der Waals surface area contributed by atoms with Gasteiger partial charge >= 0.3 is 5.97 Å². The number of carbonyl (C=O) groups is 1. The monoisotopic (exact) mass is 458 g/mol. The molecule has 0 N–H and O–H groups in total. The minimum atomic E-state index is -0.180. The van der Waals surface area contributed by atoms with Gasteiger partial charge in [-0.1, -0.05) is 5.16 Å². The van der Waals surface area contributed by atoms with Crippen molar-refractivity contribution in [3.8, 4) is 17.2 Å². The fourth-order valence-corrected chi connectivity index (χ4v) is 4.48. The van der Waals surface area contributed by atoms with Crippen LogP contribution in [0.3, 0.4) is 0 Å². The molecule has 0 aromatic carbocycles. The van der Waals surface area contributed by atoms with E-state index in [1.165, 1.54) is 0 Å². The summed E-state index contributed by atoms with van der Waals surface area (Å²) in [6.45, 7) is 7.17. The number of hydrogen-bond donors (Lipinski definition) is 0. The van der Waals surface area contributed by atoms with Gasteiger partial charge in [-0.15, -0.1) is 0 Å². The Labute approximate surface area is 194 Å². The summed E-state index contributed by atoms with van der Waals surface area (Å²) < 4.78 is 28.7. The fourth-order valence-electron chi connectivity index (χ4n) is 4.48. The summed E-state index contributed by atoms with van der Waals surface area (Å²) in [5.74, 6) is 1.12. The fraction of sp³-hybridized carbons (Fsp3) is 0.640. The molecule has 1 saturated heterocycles. The Morgan fingerprint density at radius 1 is 1.12 bits per heavy atom. The molecule has 8 nitrogen and oxygen atoms in total. The summed E-state index contributed by atoms with van der Waals surface area (Å²) in [5, 5.41) is 4.13. The van der Waals surface area contributed by atoms with E-state index in [-0.39, 0.29) is 24.3 Å². The summed E-state index contributed by atoms with van der Waals surface area (Å²) in [6.07, 6.45) is 6.30. The summed E-state index contributed by atoms with van der Waals surface area (Å²) in [7, 11) is 0. The molecule has 33 heavy (non-hydrogen) atoms. The van der Waals surface area contributed by atoms with Gasteiger partial charge in [-0.25, -0.2) is 4.98 Å². The lowest BCUT2D eigenvalue weighted by atomic mass is 9.87. The highest BCUT2D eigenvalue weighted by Crippen LogP contribution is 2.32. The van der Waals surface area contributed by atoms with Crippen LogP contribution in [0.15, 0.2) is 16.7 Å². The maximum Gasteiger partial charge on any atom is 0.309 e. The number of rotatable bonds is 8. The van der Waals surface area contributed by atoms with Crippen molar-refractivity contribution in [1.82, 2.24) is 10.1 Å². The highest BCUT2D eigenvalue weighted by molar-refractivity contribution is 5.72. The molecule has 2 fully saturated rings. The van der Waals surface area contributed by atoms with Crippen LogP contribution < -0.4 is 4.74 Å².